The molecule has 0 bridgehead atoms. The van der Waals surface area contributed by atoms with Gasteiger partial charge in [-0.1, -0.05) is 29.8 Å². The van der Waals surface area contributed by atoms with Crippen LogP contribution in [0.5, 0.6) is 5.75 Å². The summed E-state index contributed by atoms with van der Waals surface area (Å²) in [4.78, 5) is 22.4. The van der Waals surface area contributed by atoms with Gasteiger partial charge in [0.25, 0.3) is 5.91 Å². The molecule has 136 valence electrons. The quantitative estimate of drug-likeness (QED) is 0.507. The van der Waals surface area contributed by atoms with Crippen molar-refractivity contribution in [2.45, 2.75) is 5.75 Å². The molecule has 2 aromatic carbocycles. The van der Waals surface area contributed by atoms with Gasteiger partial charge in [0.15, 0.2) is 6.61 Å². The van der Waals surface area contributed by atoms with Crippen molar-refractivity contribution in [2.75, 3.05) is 12.4 Å². The first-order valence-electron chi connectivity index (χ1n) is 7.69. The average Bonchev–Trinajstić information content (AvgIpc) is 2.62. The summed E-state index contributed by atoms with van der Waals surface area (Å²) in [6, 6.07) is 14.4. The van der Waals surface area contributed by atoms with Crippen LogP contribution in [0, 0.1) is 0 Å². The van der Waals surface area contributed by atoms with Crippen LogP contribution in [-0.2, 0) is 15.3 Å². The summed E-state index contributed by atoms with van der Waals surface area (Å²) in [6.07, 6.45) is 1.52. The number of hydrogen-bond acceptors (Lipinski definition) is 5. The summed E-state index contributed by atoms with van der Waals surface area (Å²) in [5, 5.41) is 4.61. The van der Waals surface area contributed by atoms with Crippen LogP contribution in [0.2, 0.25) is 5.02 Å². The van der Waals surface area contributed by atoms with Crippen molar-refractivity contribution in [3.8, 4) is 5.75 Å². The van der Waals surface area contributed by atoms with Crippen LogP contribution in [0.3, 0.4) is 0 Å². The molecule has 2 aromatic rings. The van der Waals surface area contributed by atoms with Gasteiger partial charge in [-0.3, -0.25) is 9.59 Å². The molecule has 6 nitrogen and oxygen atoms in total. The van der Waals surface area contributed by atoms with E-state index in [1.54, 1.807) is 24.3 Å². The maximum Gasteiger partial charge on any atom is 0.255 e. The zero-order valence-electron chi connectivity index (χ0n) is 13.9. The molecular weight excluding hydrogens is 374 g/mol. The van der Waals surface area contributed by atoms with Gasteiger partial charge < -0.3 is 10.5 Å². The summed E-state index contributed by atoms with van der Waals surface area (Å²) in [6.45, 7) is -0.171. The predicted molar refractivity (Wildman–Crippen MR) is 104 cm³/mol. The van der Waals surface area contributed by atoms with Crippen LogP contribution >= 0.6 is 23.4 Å². The number of rotatable bonds is 9. The topological polar surface area (TPSA) is 93.8 Å². The summed E-state index contributed by atoms with van der Waals surface area (Å²) in [5.41, 5.74) is 9.25. The zero-order valence-corrected chi connectivity index (χ0v) is 15.4. The fourth-order valence-electron chi connectivity index (χ4n) is 1.88. The number of primary amides is 1. The highest BCUT2D eigenvalue weighted by Gasteiger charge is 2.03. The fourth-order valence-corrected chi connectivity index (χ4v) is 2.99. The first kappa shape index (κ1) is 19.8. The molecular formula is C18H18ClN3O3S. The molecule has 0 aliphatic rings. The SMILES string of the molecule is NC(=O)COc1ccc(/C=N\NC(=O)CSCc2ccccc2Cl)cc1. The number of halogens is 1. The molecule has 0 aromatic heterocycles. The number of carbonyl (C=O) groups excluding carboxylic acids is 2. The third kappa shape index (κ3) is 7.16. The third-order valence-electron chi connectivity index (χ3n) is 3.11. The number of carbonyl (C=O) groups is 2. The lowest BCUT2D eigenvalue weighted by atomic mass is 10.2. The molecule has 0 radical (unpaired) electrons. The van der Waals surface area contributed by atoms with Crippen molar-refractivity contribution >= 4 is 41.4 Å². The van der Waals surface area contributed by atoms with E-state index in [4.69, 9.17) is 22.1 Å². The molecule has 2 amide bonds. The van der Waals surface area contributed by atoms with E-state index in [-0.39, 0.29) is 18.3 Å². The van der Waals surface area contributed by atoms with Crippen LogP contribution in [-0.4, -0.2) is 30.4 Å². The maximum absolute atomic E-state index is 11.8. The van der Waals surface area contributed by atoms with Crippen molar-refractivity contribution in [3.63, 3.8) is 0 Å². The highest BCUT2D eigenvalue weighted by atomic mass is 35.5. The monoisotopic (exact) mass is 391 g/mol. The molecule has 8 heteroatoms. The number of thioether (sulfide) groups is 1. The number of nitrogens with one attached hydrogen (secondary N) is 1. The predicted octanol–water partition coefficient (Wildman–Crippen LogP) is 2.59. The van der Waals surface area contributed by atoms with E-state index < -0.39 is 5.91 Å². The molecule has 0 saturated heterocycles. The largest absolute Gasteiger partial charge is 0.484 e. The Balaban J connectivity index is 1.71. The van der Waals surface area contributed by atoms with Crippen molar-refractivity contribution in [3.05, 3.63) is 64.7 Å². The summed E-state index contributed by atoms with van der Waals surface area (Å²) in [7, 11) is 0. The molecule has 0 aliphatic heterocycles. The Morgan fingerprint density at radius 2 is 1.92 bits per heavy atom. The van der Waals surface area contributed by atoms with E-state index in [0.717, 1.165) is 11.1 Å². The number of hydrazone groups is 1. The number of hydrogen-bond donors (Lipinski definition) is 2. The number of nitrogens with two attached hydrogens (primary N) is 1. The van der Waals surface area contributed by atoms with Gasteiger partial charge in [0.1, 0.15) is 5.75 Å². The molecule has 0 aliphatic carbocycles. The Morgan fingerprint density at radius 1 is 1.19 bits per heavy atom. The summed E-state index contributed by atoms with van der Waals surface area (Å²) < 4.78 is 5.15. The maximum atomic E-state index is 11.8. The van der Waals surface area contributed by atoms with E-state index >= 15 is 0 Å². The number of nitrogens with zero attached hydrogens (tertiary/aromatic N) is 1. The second kappa shape index (κ2) is 10.5. The van der Waals surface area contributed by atoms with Crippen molar-refractivity contribution in [1.82, 2.24) is 5.43 Å². The third-order valence-corrected chi connectivity index (χ3v) is 4.46. The molecule has 0 atom stereocenters. The number of amides is 2. The minimum Gasteiger partial charge on any atom is -0.484 e. The van der Waals surface area contributed by atoms with Gasteiger partial charge in [-0.25, -0.2) is 5.43 Å². The lowest BCUT2D eigenvalue weighted by molar-refractivity contribution is -0.120. The number of benzene rings is 2. The van der Waals surface area contributed by atoms with Crippen LogP contribution < -0.4 is 15.9 Å². The highest BCUT2D eigenvalue weighted by molar-refractivity contribution is 7.99. The van der Waals surface area contributed by atoms with E-state index in [2.05, 4.69) is 10.5 Å². The van der Waals surface area contributed by atoms with Gasteiger partial charge in [0.05, 0.1) is 12.0 Å². The minimum absolute atomic E-state index is 0.171. The van der Waals surface area contributed by atoms with Gasteiger partial charge in [0, 0.05) is 10.8 Å². The van der Waals surface area contributed by atoms with Gasteiger partial charge in [0.2, 0.25) is 5.91 Å². The molecule has 26 heavy (non-hydrogen) atoms. The lowest BCUT2D eigenvalue weighted by Crippen LogP contribution is -2.20. The second-order valence-corrected chi connectivity index (χ2v) is 6.59. The van der Waals surface area contributed by atoms with Crippen molar-refractivity contribution in [1.29, 1.82) is 0 Å². The Labute approximate surface area is 160 Å². The molecule has 0 fully saturated rings. The van der Waals surface area contributed by atoms with E-state index in [9.17, 15) is 9.59 Å². The Hall–Kier alpha value is -2.51. The first-order chi connectivity index (χ1) is 12.5. The lowest BCUT2D eigenvalue weighted by Gasteiger charge is -2.04. The molecule has 0 unspecified atom stereocenters. The molecule has 0 heterocycles. The molecule has 3 N–H and O–H groups in total. The highest BCUT2D eigenvalue weighted by Crippen LogP contribution is 2.20. The number of ether oxygens (including phenoxy) is 1. The van der Waals surface area contributed by atoms with Gasteiger partial charge in [-0.05, 0) is 41.5 Å². The standard InChI is InChI=1S/C18H18ClN3O3S/c19-16-4-2-1-3-14(16)11-26-12-18(24)22-21-9-13-5-7-15(8-6-13)25-10-17(20)23/h1-9H,10-12H2,(H2,20,23)(H,22,24)/b21-9-. The Kier molecular flexibility index (Phi) is 7.98. The Bertz CT molecular complexity index is 782. The average molecular weight is 392 g/mol. The molecule has 2 rings (SSSR count). The zero-order chi connectivity index (χ0) is 18.8. The van der Waals surface area contributed by atoms with Crippen LogP contribution in [0.15, 0.2) is 53.6 Å². The second-order valence-electron chi connectivity index (χ2n) is 5.20. The first-order valence-corrected chi connectivity index (χ1v) is 9.22. The fraction of sp³-hybridized carbons (Fsp3) is 0.167. The van der Waals surface area contributed by atoms with Crippen molar-refractivity contribution in [2.24, 2.45) is 10.8 Å². The minimum atomic E-state index is -0.536. The van der Waals surface area contributed by atoms with E-state index in [1.165, 1.54) is 18.0 Å². The smallest absolute Gasteiger partial charge is 0.255 e. The molecule has 0 spiro atoms. The van der Waals surface area contributed by atoms with Crippen LogP contribution in [0.4, 0.5) is 0 Å². The van der Waals surface area contributed by atoms with E-state index in [1.807, 2.05) is 24.3 Å². The van der Waals surface area contributed by atoms with Crippen LogP contribution in [0.25, 0.3) is 0 Å². The van der Waals surface area contributed by atoms with Crippen LogP contribution in [0.1, 0.15) is 11.1 Å². The van der Waals surface area contributed by atoms with Crippen molar-refractivity contribution < 1.29 is 14.3 Å². The Morgan fingerprint density at radius 3 is 2.62 bits per heavy atom. The summed E-state index contributed by atoms with van der Waals surface area (Å²) in [5.74, 6) is 0.734. The van der Waals surface area contributed by atoms with Gasteiger partial charge in [-0.2, -0.15) is 5.10 Å². The molecule has 0 saturated carbocycles. The normalized spacial score (nSPS) is 10.7. The summed E-state index contributed by atoms with van der Waals surface area (Å²) >= 11 is 7.53. The van der Waals surface area contributed by atoms with Gasteiger partial charge >= 0.3 is 0 Å². The van der Waals surface area contributed by atoms with E-state index in [0.29, 0.717) is 16.5 Å². The van der Waals surface area contributed by atoms with Gasteiger partial charge in [-0.15, -0.1) is 11.8 Å².